The molecule has 0 aromatic heterocycles. The maximum absolute atomic E-state index is 11.7. The van der Waals surface area contributed by atoms with Gasteiger partial charge < -0.3 is 49.8 Å². The second-order valence-corrected chi connectivity index (χ2v) is 8.02. The smallest absolute Gasteiger partial charge is 0.219 e. The lowest BCUT2D eigenvalue weighted by Gasteiger charge is -2.47. The Kier molecular flexibility index (Phi) is 8.41. The number of nitrogens with one attached hydrogen (secondary N) is 1. The van der Waals surface area contributed by atoms with Crippen molar-refractivity contribution in [3.8, 4) is 0 Å². The highest BCUT2D eigenvalue weighted by Crippen LogP contribution is 2.34. The van der Waals surface area contributed by atoms with Crippen molar-refractivity contribution in [2.24, 2.45) is 5.92 Å². The Hall–Kier alpha value is -0.890. The quantitative estimate of drug-likeness (QED) is 0.280. The van der Waals surface area contributed by atoms with Crippen molar-refractivity contribution in [2.75, 3.05) is 19.8 Å². The molecule has 10 atom stereocenters. The molecule has 8 unspecified atom stereocenters. The summed E-state index contributed by atoms with van der Waals surface area (Å²) in [5.41, 5.74) is 0. The van der Waals surface area contributed by atoms with Gasteiger partial charge in [0.05, 0.1) is 18.8 Å². The fraction of sp³-hybridized carbons (Fsp3) is 0.947. The molecule has 0 radical (unpaired) electrons. The molecule has 0 aliphatic carbocycles. The third-order valence-electron chi connectivity index (χ3n) is 6.00. The minimum absolute atomic E-state index is 0.120. The molecular weight excluding hydrogens is 402 g/mol. The van der Waals surface area contributed by atoms with Gasteiger partial charge in [0, 0.05) is 25.5 Å². The van der Waals surface area contributed by atoms with Gasteiger partial charge in [0.15, 0.2) is 12.6 Å². The van der Waals surface area contributed by atoms with Crippen LogP contribution >= 0.6 is 0 Å². The lowest BCUT2D eigenvalue weighted by Crippen LogP contribution is -2.64. The van der Waals surface area contributed by atoms with E-state index >= 15 is 0 Å². The van der Waals surface area contributed by atoms with Gasteiger partial charge in [0.25, 0.3) is 0 Å². The second kappa shape index (κ2) is 10.6. The SMILES string of the molecule is CCC(=O)NCC1O[C@H]2OC3C(CO)O[C@@H](OCCCCC1C(O)C2O)C(O)C3O. The minimum atomic E-state index is -1.48. The molecule has 1 amide bonds. The van der Waals surface area contributed by atoms with Gasteiger partial charge in [-0.15, -0.1) is 0 Å². The summed E-state index contributed by atoms with van der Waals surface area (Å²) in [5, 5.41) is 54.6. The number of aliphatic hydroxyl groups is 5. The van der Waals surface area contributed by atoms with Crippen molar-refractivity contribution in [1.82, 2.24) is 5.32 Å². The molecule has 6 saturated heterocycles. The largest absolute Gasteiger partial charge is 0.394 e. The maximum Gasteiger partial charge on any atom is 0.219 e. The first kappa shape index (κ1) is 23.8. The highest BCUT2D eigenvalue weighted by Gasteiger charge is 2.51. The lowest BCUT2D eigenvalue weighted by atomic mass is 9.84. The van der Waals surface area contributed by atoms with Crippen LogP contribution < -0.4 is 5.32 Å². The van der Waals surface area contributed by atoms with Crippen LogP contribution in [0.3, 0.4) is 0 Å². The standard InChI is InChI=1S/C19H33NO10/c1-2-12(22)20-7-10-9-5-3-4-6-27-18-16(26)14(24)17(11(8-21)29-18)30-19(28-10)15(25)13(9)23/h9-11,13-19,21,23-26H,2-8H2,1H3,(H,20,22)/t9?,10?,11?,13?,14?,15?,16?,17?,18-,19+/m1/s1. The van der Waals surface area contributed by atoms with E-state index in [1.165, 1.54) is 0 Å². The summed E-state index contributed by atoms with van der Waals surface area (Å²) >= 11 is 0. The van der Waals surface area contributed by atoms with Crippen molar-refractivity contribution >= 4 is 5.91 Å². The van der Waals surface area contributed by atoms with Crippen molar-refractivity contribution < 1.29 is 49.3 Å². The predicted octanol–water partition coefficient (Wildman–Crippen LogP) is -2.40. The Morgan fingerprint density at radius 1 is 0.933 bits per heavy atom. The molecule has 6 N–H and O–H groups in total. The number of rotatable bonds is 4. The van der Waals surface area contributed by atoms with Crippen molar-refractivity contribution in [3.05, 3.63) is 0 Å². The highest BCUT2D eigenvalue weighted by atomic mass is 16.7. The van der Waals surface area contributed by atoms with E-state index in [2.05, 4.69) is 5.32 Å². The first-order valence-electron chi connectivity index (χ1n) is 10.5. The Morgan fingerprint density at radius 2 is 1.63 bits per heavy atom. The minimum Gasteiger partial charge on any atom is -0.394 e. The molecule has 6 heterocycles. The summed E-state index contributed by atoms with van der Waals surface area (Å²) in [4.78, 5) is 11.7. The molecule has 11 heteroatoms. The molecule has 6 aliphatic rings. The summed E-state index contributed by atoms with van der Waals surface area (Å²) in [7, 11) is 0. The van der Waals surface area contributed by atoms with E-state index in [0.29, 0.717) is 25.7 Å². The molecule has 0 saturated carbocycles. The molecule has 0 spiro atoms. The van der Waals surface area contributed by atoms with Gasteiger partial charge in [-0.3, -0.25) is 4.79 Å². The zero-order valence-electron chi connectivity index (χ0n) is 17.0. The van der Waals surface area contributed by atoms with Gasteiger partial charge in [-0.2, -0.15) is 0 Å². The maximum atomic E-state index is 11.7. The predicted molar refractivity (Wildman–Crippen MR) is 99.9 cm³/mol. The fourth-order valence-electron chi connectivity index (χ4n) is 4.19. The summed E-state index contributed by atoms with van der Waals surface area (Å²) in [6.07, 6.45) is -8.91. The van der Waals surface area contributed by atoms with E-state index in [1.807, 2.05) is 0 Å². The van der Waals surface area contributed by atoms with E-state index in [4.69, 9.17) is 18.9 Å². The molecule has 6 fully saturated rings. The van der Waals surface area contributed by atoms with E-state index in [-0.39, 0.29) is 19.1 Å². The second-order valence-electron chi connectivity index (χ2n) is 8.02. The molecule has 30 heavy (non-hydrogen) atoms. The van der Waals surface area contributed by atoms with E-state index < -0.39 is 67.8 Å². The number of hydrogen-bond acceptors (Lipinski definition) is 10. The summed E-state index contributed by atoms with van der Waals surface area (Å²) in [6, 6.07) is 0. The van der Waals surface area contributed by atoms with Gasteiger partial charge in [0.2, 0.25) is 5.91 Å². The van der Waals surface area contributed by atoms with Gasteiger partial charge in [-0.05, 0) is 12.8 Å². The Morgan fingerprint density at radius 3 is 2.33 bits per heavy atom. The van der Waals surface area contributed by atoms with Crippen LogP contribution in [-0.4, -0.2) is 107 Å². The number of hydrogen-bond donors (Lipinski definition) is 6. The number of aliphatic hydroxyl groups excluding tert-OH is 5. The fourth-order valence-corrected chi connectivity index (χ4v) is 4.19. The summed E-state index contributed by atoms with van der Waals surface area (Å²) in [6.45, 7) is 1.54. The monoisotopic (exact) mass is 435 g/mol. The Bertz CT molecular complexity index is 563. The summed E-state index contributed by atoms with van der Waals surface area (Å²) in [5.74, 6) is -0.624. The highest BCUT2D eigenvalue weighted by molar-refractivity contribution is 5.75. The van der Waals surface area contributed by atoms with Crippen LogP contribution in [0, 0.1) is 5.92 Å². The lowest BCUT2D eigenvalue weighted by molar-refractivity contribution is -0.355. The molecule has 4 bridgehead atoms. The van der Waals surface area contributed by atoms with Crippen LogP contribution in [0.5, 0.6) is 0 Å². The number of amides is 1. The number of carbonyl (C=O) groups is 1. The topological polar surface area (TPSA) is 167 Å². The van der Waals surface area contributed by atoms with Crippen LogP contribution in [0.15, 0.2) is 0 Å². The normalized spacial score (nSPS) is 45.1. The van der Waals surface area contributed by atoms with Gasteiger partial charge in [-0.1, -0.05) is 13.3 Å². The zero-order chi connectivity index (χ0) is 21.8. The molecule has 6 rings (SSSR count). The van der Waals surface area contributed by atoms with Gasteiger partial charge in [0.1, 0.15) is 30.5 Å². The van der Waals surface area contributed by atoms with Gasteiger partial charge in [-0.25, -0.2) is 0 Å². The van der Waals surface area contributed by atoms with Crippen LogP contribution in [-0.2, 0) is 23.7 Å². The molecular formula is C19H33NO10. The first-order valence-corrected chi connectivity index (χ1v) is 10.5. The molecule has 174 valence electrons. The van der Waals surface area contributed by atoms with E-state index in [1.54, 1.807) is 6.92 Å². The van der Waals surface area contributed by atoms with Crippen molar-refractivity contribution in [2.45, 2.75) is 87.9 Å². The summed E-state index contributed by atoms with van der Waals surface area (Å²) < 4.78 is 22.7. The Balaban J connectivity index is 1.84. The van der Waals surface area contributed by atoms with Crippen LogP contribution in [0.25, 0.3) is 0 Å². The number of carbonyl (C=O) groups excluding carboxylic acids is 1. The van der Waals surface area contributed by atoms with Gasteiger partial charge >= 0.3 is 0 Å². The Labute approximate surface area is 174 Å². The molecule has 11 nitrogen and oxygen atoms in total. The molecule has 6 aliphatic heterocycles. The van der Waals surface area contributed by atoms with Crippen molar-refractivity contribution in [1.29, 1.82) is 0 Å². The van der Waals surface area contributed by atoms with Crippen LogP contribution in [0.4, 0.5) is 0 Å². The average Bonchev–Trinajstić information content (AvgIpc) is 2.75. The van der Waals surface area contributed by atoms with Crippen LogP contribution in [0.1, 0.15) is 32.6 Å². The molecule has 0 aromatic rings. The molecule has 0 aromatic carbocycles. The van der Waals surface area contributed by atoms with Crippen molar-refractivity contribution in [3.63, 3.8) is 0 Å². The first-order chi connectivity index (χ1) is 14.4. The zero-order valence-corrected chi connectivity index (χ0v) is 17.0. The van der Waals surface area contributed by atoms with Crippen LogP contribution in [0.2, 0.25) is 0 Å². The van der Waals surface area contributed by atoms with E-state index in [0.717, 1.165) is 0 Å². The van der Waals surface area contributed by atoms with E-state index in [9.17, 15) is 30.3 Å². The number of ether oxygens (including phenoxy) is 4. The third-order valence-corrected chi connectivity index (χ3v) is 6.00. The third kappa shape index (κ3) is 5.12. The average molecular weight is 435 g/mol.